The van der Waals surface area contributed by atoms with Gasteiger partial charge >= 0.3 is 0 Å². The Labute approximate surface area is 163 Å². The summed E-state index contributed by atoms with van der Waals surface area (Å²) in [6.45, 7) is 0.196. The maximum absolute atomic E-state index is 12.2. The molecular weight excluding hydrogens is 386 g/mol. The van der Waals surface area contributed by atoms with Crippen LogP contribution in [0.15, 0.2) is 41.1 Å². The van der Waals surface area contributed by atoms with Gasteiger partial charge in [0.25, 0.3) is 5.91 Å². The van der Waals surface area contributed by atoms with Gasteiger partial charge in [0.1, 0.15) is 0 Å². The minimum Gasteiger partial charge on any atom is -0.454 e. The van der Waals surface area contributed by atoms with E-state index in [1.54, 1.807) is 24.3 Å². The molecule has 0 radical (unpaired) electrons. The van der Waals surface area contributed by atoms with Crippen LogP contribution in [0.25, 0.3) is 0 Å². The van der Waals surface area contributed by atoms with Crippen molar-refractivity contribution in [3.8, 4) is 11.5 Å². The first kappa shape index (κ1) is 17.5. The van der Waals surface area contributed by atoms with Gasteiger partial charge in [-0.25, -0.2) is 4.98 Å². The maximum Gasteiger partial charge on any atom is 0.267 e. The molecule has 3 heterocycles. The van der Waals surface area contributed by atoms with E-state index in [1.807, 2.05) is 16.8 Å². The lowest BCUT2D eigenvalue weighted by Crippen LogP contribution is -2.12. The second kappa shape index (κ2) is 7.77. The van der Waals surface area contributed by atoms with Gasteiger partial charge in [-0.05, 0) is 30.0 Å². The SMILES string of the molecule is O=C(CCc1csc(NC(=O)c2cccs2)n1)Nc1ccc2c(c1)OCO2. The molecule has 9 heteroatoms. The Kier molecular flexibility index (Phi) is 5.03. The minimum atomic E-state index is -0.175. The van der Waals surface area contributed by atoms with Crippen LogP contribution in [-0.4, -0.2) is 23.6 Å². The molecule has 3 aromatic rings. The van der Waals surface area contributed by atoms with E-state index < -0.39 is 0 Å². The molecule has 7 nitrogen and oxygen atoms in total. The summed E-state index contributed by atoms with van der Waals surface area (Å²) in [5, 5.41) is 9.82. The molecule has 1 aliphatic rings. The molecule has 1 aliphatic heterocycles. The van der Waals surface area contributed by atoms with Gasteiger partial charge in [-0.2, -0.15) is 0 Å². The number of hydrogen-bond donors (Lipinski definition) is 2. The van der Waals surface area contributed by atoms with Gasteiger partial charge < -0.3 is 14.8 Å². The first-order valence-electron chi connectivity index (χ1n) is 8.16. The fraction of sp³-hybridized carbons (Fsp3) is 0.167. The van der Waals surface area contributed by atoms with Crippen molar-refractivity contribution >= 4 is 45.3 Å². The smallest absolute Gasteiger partial charge is 0.267 e. The third-order valence-electron chi connectivity index (χ3n) is 3.78. The monoisotopic (exact) mass is 401 g/mol. The number of thiophene rings is 1. The molecule has 138 valence electrons. The van der Waals surface area contributed by atoms with Gasteiger partial charge in [0.2, 0.25) is 12.7 Å². The van der Waals surface area contributed by atoms with Crippen molar-refractivity contribution < 1.29 is 19.1 Å². The van der Waals surface area contributed by atoms with Crippen molar-refractivity contribution in [1.29, 1.82) is 0 Å². The van der Waals surface area contributed by atoms with Gasteiger partial charge in [0.15, 0.2) is 16.6 Å². The Hall–Kier alpha value is -2.91. The van der Waals surface area contributed by atoms with Crippen LogP contribution in [0, 0.1) is 0 Å². The topological polar surface area (TPSA) is 89.6 Å². The molecular formula is C18H15N3O4S2. The molecule has 0 atom stereocenters. The molecule has 0 saturated carbocycles. The van der Waals surface area contributed by atoms with Crippen LogP contribution in [-0.2, 0) is 11.2 Å². The van der Waals surface area contributed by atoms with Crippen molar-refractivity contribution in [2.45, 2.75) is 12.8 Å². The summed E-state index contributed by atoms with van der Waals surface area (Å²) in [6, 6.07) is 8.86. The number of carbonyl (C=O) groups is 2. The van der Waals surface area contributed by atoms with Crippen molar-refractivity contribution in [3.63, 3.8) is 0 Å². The number of ether oxygens (including phenoxy) is 2. The fourth-order valence-corrected chi connectivity index (χ4v) is 3.84. The third kappa shape index (κ3) is 4.26. The predicted molar refractivity (Wildman–Crippen MR) is 104 cm³/mol. The number of fused-ring (bicyclic) bond motifs is 1. The second-order valence-electron chi connectivity index (χ2n) is 5.69. The van der Waals surface area contributed by atoms with Crippen molar-refractivity contribution in [3.05, 3.63) is 51.7 Å². The molecule has 1 aromatic carbocycles. The molecule has 2 N–H and O–H groups in total. The number of hydrogen-bond acceptors (Lipinski definition) is 7. The van der Waals surface area contributed by atoms with Gasteiger partial charge in [-0.15, -0.1) is 22.7 Å². The van der Waals surface area contributed by atoms with Crippen molar-refractivity contribution in [2.75, 3.05) is 17.4 Å². The standard InChI is InChI=1S/C18H15N3O4S2/c22-16(19-11-3-5-13-14(8-11)25-10-24-13)6-4-12-9-27-18(20-12)21-17(23)15-2-1-7-26-15/h1-3,5,7-9H,4,6,10H2,(H,19,22)(H,20,21,23). The summed E-state index contributed by atoms with van der Waals surface area (Å²) in [5.41, 5.74) is 1.42. The van der Waals surface area contributed by atoms with E-state index in [9.17, 15) is 9.59 Å². The maximum atomic E-state index is 12.2. The molecule has 0 saturated heterocycles. The fourth-order valence-electron chi connectivity index (χ4n) is 2.49. The number of carbonyl (C=O) groups excluding carboxylic acids is 2. The summed E-state index contributed by atoms with van der Waals surface area (Å²) in [5.74, 6) is 1.00. The second-order valence-corrected chi connectivity index (χ2v) is 7.50. The third-order valence-corrected chi connectivity index (χ3v) is 5.46. The van der Waals surface area contributed by atoms with Crippen LogP contribution in [0.5, 0.6) is 11.5 Å². The zero-order valence-electron chi connectivity index (χ0n) is 14.1. The summed E-state index contributed by atoms with van der Waals surface area (Å²) in [7, 11) is 0. The number of benzene rings is 1. The highest BCUT2D eigenvalue weighted by Crippen LogP contribution is 2.34. The van der Waals surface area contributed by atoms with Gasteiger partial charge in [-0.1, -0.05) is 6.07 Å². The lowest BCUT2D eigenvalue weighted by molar-refractivity contribution is -0.116. The Morgan fingerprint density at radius 2 is 2.00 bits per heavy atom. The average Bonchev–Trinajstić information content (AvgIpc) is 3.41. The number of nitrogens with one attached hydrogen (secondary N) is 2. The van der Waals surface area contributed by atoms with Gasteiger partial charge in [-0.3, -0.25) is 14.9 Å². The molecule has 0 aliphatic carbocycles. The molecule has 0 bridgehead atoms. The highest BCUT2D eigenvalue weighted by molar-refractivity contribution is 7.14. The van der Waals surface area contributed by atoms with Crippen LogP contribution in [0.3, 0.4) is 0 Å². The average molecular weight is 401 g/mol. The first-order valence-corrected chi connectivity index (χ1v) is 9.92. The predicted octanol–water partition coefficient (Wildman–Crippen LogP) is 3.76. The number of aryl methyl sites for hydroxylation is 1. The van der Waals surface area contributed by atoms with E-state index in [1.165, 1.54) is 22.7 Å². The molecule has 0 spiro atoms. The van der Waals surface area contributed by atoms with Crippen LogP contribution in [0.2, 0.25) is 0 Å². The molecule has 2 amide bonds. The molecule has 0 fully saturated rings. The number of thiazole rings is 1. The van der Waals surface area contributed by atoms with Crippen LogP contribution >= 0.6 is 22.7 Å². The van der Waals surface area contributed by atoms with Crippen molar-refractivity contribution in [2.24, 2.45) is 0 Å². The van der Waals surface area contributed by atoms with E-state index in [-0.39, 0.29) is 25.0 Å². The summed E-state index contributed by atoms with van der Waals surface area (Å²) in [6.07, 6.45) is 0.776. The van der Waals surface area contributed by atoms with E-state index in [0.717, 1.165) is 5.69 Å². The molecule has 27 heavy (non-hydrogen) atoms. The Bertz CT molecular complexity index is 969. The zero-order chi connectivity index (χ0) is 18.6. The number of nitrogens with zero attached hydrogens (tertiary/aromatic N) is 1. The zero-order valence-corrected chi connectivity index (χ0v) is 15.7. The molecule has 0 unspecified atom stereocenters. The van der Waals surface area contributed by atoms with Crippen LogP contribution in [0.4, 0.5) is 10.8 Å². The molecule has 4 rings (SSSR count). The van der Waals surface area contributed by atoms with Crippen LogP contribution in [0.1, 0.15) is 21.8 Å². The number of aromatic nitrogens is 1. The quantitative estimate of drug-likeness (QED) is 0.656. The number of anilines is 2. The Morgan fingerprint density at radius 1 is 1.11 bits per heavy atom. The first-order chi connectivity index (χ1) is 13.2. The van der Waals surface area contributed by atoms with E-state index >= 15 is 0 Å². The Balaban J connectivity index is 1.28. The van der Waals surface area contributed by atoms with E-state index in [0.29, 0.717) is 33.6 Å². The number of amides is 2. The van der Waals surface area contributed by atoms with E-state index in [4.69, 9.17) is 9.47 Å². The molecule has 2 aromatic heterocycles. The van der Waals surface area contributed by atoms with Crippen LogP contribution < -0.4 is 20.1 Å². The van der Waals surface area contributed by atoms with Crippen molar-refractivity contribution in [1.82, 2.24) is 4.98 Å². The summed E-state index contributed by atoms with van der Waals surface area (Å²) >= 11 is 2.72. The highest BCUT2D eigenvalue weighted by atomic mass is 32.1. The highest BCUT2D eigenvalue weighted by Gasteiger charge is 2.15. The minimum absolute atomic E-state index is 0.119. The largest absolute Gasteiger partial charge is 0.454 e. The van der Waals surface area contributed by atoms with E-state index in [2.05, 4.69) is 15.6 Å². The summed E-state index contributed by atoms with van der Waals surface area (Å²) < 4.78 is 10.5. The Morgan fingerprint density at radius 3 is 2.85 bits per heavy atom. The van der Waals surface area contributed by atoms with Gasteiger partial charge in [0, 0.05) is 23.6 Å². The summed E-state index contributed by atoms with van der Waals surface area (Å²) in [4.78, 5) is 29.2. The lowest BCUT2D eigenvalue weighted by Gasteiger charge is -2.05. The normalized spacial score (nSPS) is 12.0. The number of rotatable bonds is 6. The van der Waals surface area contributed by atoms with Gasteiger partial charge in [0.05, 0.1) is 10.6 Å². The lowest BCUT2D eigenvalue weighted by atomic mass is 10.2.